The molecule has 1 fully saturated rings. The number of aromatic nitrogens is 2. The van der Waals surface area contributed by atoms with Crippen LogP contribution in [0.2, 0.25) is 0 Å². The van der Waals surface area contributed by atoms with E-state index in [1.807, 2.05) is 29.2 Å². The Morgan fingerprint density at radius 2 is 2.15 bits per heavy atom. The van der Waals surface area contributed by atoms with Crippen LogP contribution >= 0.6 is 0 Å². The number of nitrogens with zero attached hydrogens (tertiary/aromatic N) is 3. The first-order chi connectivity index (χ1) is 12.6. The van der Waals surface area contributed by atoms with E-state index in [4.69, 9.17) is 4.74 Å². The zero-order valence-electron chi connectivity index (χ0n) is 15.7. The molecule has 0 saturated carbocycles. The number of amides is 1. The van der Waals surface area contributed by atoms with Crippen LogP contribution in [0.5, 0.6) is 5.75 Å². The molecule has 3 rings (SSSR count). The summed E-state index contributed by atoms with van der Waals surface area (Å²) in [6.45, 7) is 4.75. The summed E-state index contributed by atoms with van der Waals surface area (Å²) in [6.07, 6.45) is 4.29. The van der Waals surface area contributed by atoms with Gasteiger partial charge in [-0.15, -0.1) is 0 Å². The number of piperidine rings is 1. The van der Waals surface area contributed by atoms with Crippen LogP contribution in [0, 0.1) is 6.92 Å². The fraction of sp³-hybridized carbons (Fsp3) is 0.450. The molecule has 1 saturated heterocycles. The Bertz CT molecular complexity index is 778. The van der Waals surface area contributed by atoms with E-state index in [9.17, 15) is 4.79 Å². The highest BCUT2D eigenvalue weighted by Gasteiger charge is 2.27. The second-order valence-corrected chi connectivity index (χ2v) is 6.60. The topological polar surface area (TPSA) is 67.4 Å². The first-order valence-electron chi connectivity index (χ1n) is 9.18. The van der Waals surface area contributed by atoms with Crippen LogP contribution in [0.15, 0.2) is 30.3 Å². The van der Waals surface area contributed by atoms with Gasteiger partial charge in [-0.25, -0.2) is 9.97 Å². The van der Waals surface area contributed by atoms with Crippen molar-refractivity contribution in [2.75, 3.05) is 19.0 Å². The Balaban J connectivity index is 1.83. The summed E-state index contributed by atoms with van der Waals surface area (Å²) < 4.78 is 5.25. The predicted molar refractivity (Wildman–Crippen MR) is 102 cm³/mol. The molecule has 0 bridgehead atoms. The summed E-state index contributed by atoms with van der Waals surface area (Å²) in [5.41, 5.74) is 1.30. The Kier molecular flexibility index (Phi) is 5.71. The van der Waals surface area contributed by atoms with E-state index in [0.717, 1.165) is 37.2 Å². The van der Waals surface area contributed by atoms with Gasteiger partial charge in [-0.05, 0) is 44.7 Å². The largest absolute Gasteiger partial charge is 0.497 e. The molecular formula is C20H26N4O2. The van der Waals surface area contributed by atoms with Crippen molar-refractivity contribution in [2.24, 2.45) is 0 Å². The van der Waals surface area contributed by atoms with E-state index in [0.29, 0.717) is 23.4 Å². The van der Waals surface area contributed by atoms with Crippen molar-refractivity contribution in [3.05, 3.63) is 41.9 Å². The average molecular weight is 354 g/mol. The van der Waals surface area contributed by atoms with Gasteiger partial charge in [-0.1, -0.05) is 13.0 Å². The molecule has 0 spiro atoms. The van der Waals surface area contributed by atoms with Crippen molar-refractivity contribution < 1.29 is 9.53 Å². The second kappa shape index (κ2) is 8.17. The number of carbonyl (C=O) groups is 1. The van der Waals surface area contributed by atoms with Gasteiger partial charge in [0.25, 0.3) is 5.91 Å². The van der Waals surface area contributed by atoms with Crippen molar-refractivity contribution in [2.45, 2.75) is 45.6 Å². The summed E-state index contributed by atoms with van der Waals surface area (Å²) in [5, 5.41) is 3.24. The Labute approximate surface area is 154 Å². The molecule has 138 valence electrons. The van der Waals surface area contributed by atoms with E-state index < -0.39 is 0 Å². The van der Waals surface area contributed by atoms with Gasteiger partial charge in [0.2, 0.25) is 0 Å². The smallest absolute Gasteiger partial charge is 0.272 e. The Morgan fingerprint density at radius 3 is 2.92 bits per heavy atom. The Hall–Kier alpha value is -2.63. The molecule has 2 aromatic rings. The van der Waals surface area contributed by atoms with Crippen molar-refractivity contribution in [3.63, 3.8) is 0 Å². The highest BCUT2D eigenvalue weighted by Crippen LogP contribution is 2.24. The van der Waals surface area contributed by atoms with Gasteiger partial charge in [0.15, 0.2) is 0 Å². The zero-order chi connectivity index (χ0) is 18.5. The summed E-state index contributed by atoms with van der Waals surface area (Å²) in [4.78, 5) is 23.8. The van der Waals surface area contributed by atoms with Gasteiger partial charge in [-0.2, -0.15) is 0 Å². The molecule has 2 heterocycles. The maximum Gasteiger partial charge on any atom is 0.272 e. The maximum atomic E-state index is 13.0. The minimum atomic E-state index is -0.00394. The number of aryl methyl sites for hydroxylation is 1. The van der Waals surface area contributed by atoms with Crippen molar-refractivity contribution in [1.82, 2.24) is 14.9 Å². The zero-order valence-corrected chi connectivity index (χ0v) is 15.7. The average Bonchev–Trinajstić information content (AvgIpc) is 2.67. The lowest BCUT2D eigenvalue weighted by Gasteiger charge is -2.35. The third-order valence-corrected chi connectivity index (χ3v) is 4.76. The SMILES string of the molecule is CCC1CCCCN1C(=O)c1cc(Nc2cccc(OC)c2)nc(C)n1. The Morgan fingerprint density at radius 1 is 1.31 bits per heavy atom. The number of carbonyl (C=O) groups excluding carboxylic acids is 1. The number of hydrogen-bond donors (Lipinski definition) is 1. The first-order valence-corrected chi connectivity index (χ1v) is 9.18. The number of methoxy groups -OCH3 is 1. The number of likely N-dealkylation sites (tertiary alicyclic amines) is 1. The highest BCUT2D eigenvalue weighted by molar-refractivity contribution is 5.93. The lowest BCUT2D eigenvalue weighted by molar-refractivity contribution is 0.0601. The number of benzene rings is 1. The third-order valence-electron chi connectivity index (χ3n) is 4.76. The van der Waals surface area contributed by atoms with Crippen LogP contribution in [0.3, 0.4) is 0 Å². The van der Waals surface area contributed by atoms with Crippen molar-refractivity contribution in [1.29, 1.82) is 0 Å². The number of nitrogens with one attached hydrogen (secondary N) is 1. The van der Waals surface area contributed by atoms with Crippen LogP contribution in [-0.2, 0) is 0 Å². The lowest BCUT2D eigenvalue weighted by Crippen LogP contribution is -2.43. The predicted octanol–water partition coefficient (Wildman–Crippen LogP) is 3.94. The monoisotopic (exact) mass is 354 g/mol. The van der Waals surface area contributed by atoms with E-state index >= 15 is 0 Å². The molecule has 1 aliphatic heterocycles. The van der Waals surface area contributed by atoms with Gasteiger partial charge in [0, 0.05) is 30.4 Å². The van der Waals surface area contributed by atoms with E-state index in [2.05, 4.69) is 22.2 Å². The lowest BCUT2D eigenvalue weighted by atomic mass is 9.99. The highest BCUT2D eigenvalue weighted by atomic mass is 16.5. The summed E-state index contributed by atoms with van der Waals surface area (Å²) in [7, 11) is 1.63. The summed E-state index contributed by atoms with van der Waals surface area (Å²) in [5.74, 6) is 1.94. The van der Waals surface area contributed by atoms with Crippen LogP contribution < -0.4 is 10.1 Å². The van der Waals surface area contributed by atoms with E-state index in [1.54, 1.807) is 20.1 Å². The molecule has 0 aliphatic carbocycles. The fourth-order valence-electron chi connectivity index (χ4n) is 3.43. The molecule has 0 radical (unpaired) electrons. The molecule has 1 atom stereocenters. The second-order valence-electron chi connectivity index (χ2n) is 6.60. The van der Waals surface area contributed by atoms with Gasteiger partial charge < -0.3 is 15.0 Å². The van der Waals surface area contributed by atoms with Crippen molar-refractivity contribution in [3.8, 4) is 5.75 Å². The number of ether oxygens (including phenoxy) is 1. The van der Waals surface area contributed by atoms with Crippen LogP contribution in [0.1, 0.15) is 48.9 Å². The summed E-state index contributed by atoms with van der Waals surface area (Å²) in [6, 6.07) is 9.64. The molecule has 1 unspecified atom stereocenters. The number of hydrogen-bond acceptors (Lipinski definition) is 5. The normalized spacial score (nSPS) is 17.0. The molecule has 6 nitrogen and oxygen atoms in total. The fourth-order valence-corrected chi connectivity index (χ4v) is 3.43. The third kappa shape index (κ3) is 4.12. The van der Waals surface area contributed by atoms with Gasteiger partial charge in [-0.3, -0.25) is 4.79 Å². The van der Waals surface area contributed by atoms with Gasteiger partial charge in [0.05, 0.1) is 7.11 Å². The first kappa shape index (κ1) is 18.2. The molecule has 1 aliphatic rings. The van der Waals surface area contributed by atoms with E-state index in [1.165, 1.54) is 6.42 Å². The van der Waals surface area contributed by atoms with Crippen LogP contribution in [0.4, 0.5) is 11.5 Å². The number of rotatable bonds is 5. The maximum absolute atomic E-state index is 13.0. The molecular weight excluding hydrogens is 328 g/mol. The van der Waals surface area contributed by atoms with Gasteiger partial charge >= 0.3 is 0 Å². The quantitative estimate of drug-likeness (QED) is 0.881. The minimum Gasteiger partial charge on any atom is -0.497 e. The van der Waals surface area contributed by atoms with Crippen LogP contribution in [-0.4, -0.2) is 40.5 Å². The molecule has 1 aromatic carbocycles. The molecule has 26 heavy (non-hydrogen) atoms. The van der Waals surface area contributed by atoms with Crippen molar-refractivity contribution >= 4 is 17.4 Å². The standard InChI is InChI=1S/C20H26N4O2/c1-4-16-9-5-6-11-24(16)20(25)18-13-19(22-14(2)21-18)23-15-8-7-10-17(12-15)26-3/h7-8,10,12-13,16H,4-6,9,11H2,1-3H3,(H,21,22,23). The summed E-state index contributed by atoms with van der Waals surface area (Å²) >= 11 is 0. The molecule has 1 aromatic heterocycles. The van der Waals surface area contributed by atoms with Crippen LogP contribution in [0.25, 0.3) is 0 Å². The minimum absolute atomic E-state index is 0.00394. The molecule has 1 N–H and O–H groups in total. The van der Waals surface area contributed by atoms with E-state index in [-0.39, 0.29) is 5.91 Å². The number of anilines is 2. The molecule has 1 amide bonds. The van der Waals surface area contributed by atoms with Gasteiger partial charge in [0.1, 0.15) is 23.1 Å². The molecule has 6 heteroatoms.